The van der Waals surface area contributed by atoms with E-state index in [4.69, 9.17) is 0 Å². The number of allylic oxidation sites excluding steroid dienone is 4. The van der Waals surface area contributed by atoms with Gasteiger partial charge in [-0.15, -0.1) is 0 Å². The van der Waals surface area contributed by atoms with E-state index in [1.807, 2.05) is 0 Å². The third-order valence-electron chi connectivity index (χ3n) is 4.65. The summed E-state index contributed by atoms with van der Waals surface area (Å²) in [7, 11) is -0.408. The van der Waals surface area contributed by atoms with E-state index in [-0.39, 0.29) is 0 Å². The molecular weight excluding hydrogens is 268 g/mol. The van der Waals surface area contributed by atoms with E-state index < -0.39 is 8.80 Å². The van der Waals surface area contributed by atoms with Crippen LogP contribution >= 0.6 is 0 Å². The van der Waals surface area contributed by atoms with Crippen LogP contribution in [0.15, 0.2) is 71.5 Å². The standard InChI is InChI=1S/C20H19Si/c1-21(2)19-13-7-12-18(19)20-16-10-5-3-8-14(16)15-9-4-6-11-17(15)20/h3-6,8-13,20H,7H2,1-2H3. The Bertz CT molecular complexity index is 719. The molecule has 4 rings (SSSR count). The van der Waals surface area contributed by atoms with Crippen LogP contribution in [-0.4, -0.2) is 8.80 Å². The third-order valence-corrected chi connectivity index (χ3v) is 6.22. The third kappa shape index (κ3) is 1.88. The van der Waals surface area contributed by atoms with Crippen molar-refractivity contribution in [1.29, 1.82) is 0 Å². The van der Waals surface area contributed by atoms with Gasteiger partial charge in [-0.1, -0.05) is 79.0 Å². The van der Waals surface area contributed by atoms with Gasteiger partial charge < -0.3 is 0 Å². The van der Waals surface area contributed by atoms with Gasteiger partial charge in [0.2, 0.25) is 0 Å². The highest BCUT2D eigenvalue weighted by molar-refractivity contribution is 6.65. The van der Waals surface area contributed by atoms with E-state index in [1.165, 1.54) is 22.3 Å². The Hall–Kier alpha value is -1.86. The predicted octanol–water partition coefficient (Wildman–Crippen LogP) is 5.35. The van der Waals surface area contributed by atoms with Gasteiger partial charge >= 0.3 is 0 Å². The van der Waals surface area contributed by atoms with Crippen molar-refractivity contribution in [2.24, 2.45) is 0 Å². The van der Waals surface area contributed by atoms with Crippen LogP contribution in [0.25, 0.3) is 11.1 Å². The van der Waals surface area contributed by atoms with E-state index in [0.717, 1.165) is 6.42 Å². The SMILES string of the molecule is C[Si](C)C1=CCC=C1C1c2ccccc2-c2ccccc21. The van der Waals surface area contributed by atoms with Gasteiger partial charge in [-0.2, -0.15) is 0 Å². The zero-order valence-corrected chi connectivity index (χ0v) is 13.6. The van der Waals surface area contributed by atoms with Crippen LogP contribution in [0.3, 0.4) is 0 Å². The highest BCUT2D eigenvalue weighted by atomic mass is 28.3. The Balaban J connectivity index is 1.92. The molecular formula is C20H19Si. The first kappa shape index (κ1) is 12.8. The van der Waals surface area contributed by atoms with Gasteiger partial charge in [0, 0.05) is 5.92 Å². The average molecular weight is 287 g/mol. The molecule has 21 heavy (non-hydrogen) atoms. The summed E-state index contributed by atoms with van der Waals surface area (Å²) in [6.07, 6.45) is 6.02. The first-order valence-electron chi connectivity index (χ1n) is 7.66. The fourth-order valence-electron chi connectivity index (χ4n) is 3.79. The largest absolute Gasteiger partial charge is 0.0814 e. The predicted molar refractivity (Wildman–Crippen MR) is 92.0 cm³/mol. The van der Waals surface area contributed by atoms with Crippen LogP contribution in [-0.2, 0) is 0 Å². The fourth-order valence-corrected chi connectivity index (χ4v) is 5.14. The molecule has 103 valence electrons. The van der Waals surface area contributed by atoms with Gasteiger partial charge in [0.1, 0.15) is 0 Å². The van der Waals surface area contributed by atoms with Gasteiger partial charge in [-0.25, -0.2) is 0 Å². The summed E-state index contributed by atoms with van der Waals surface area (Å²) < 4.78 is 0. The highest BCUT2D eigenvalue weighted by Gasteiger charge is 2.33. The summed E-state index contributed by atoms with van der Waals surface area (Å²) in [6, 6.07) is 17.9. The monoisotopic (exact) mass is 287 g/mol. The number of hydrogen-bond donors (Lipinski definition) is 0. The van der Waals surface area contributed by atoms with Crippen molar-refractivity contribution in [2.45, 2.75) is 25.4 Å². The Morgan fingerprint density at radius 3 is 1.95 bits per heavy atom. The Kier molecular flexibility index (Phi) is 2.97. The summed E-state index contributed by atoms with van der Waals surface area (Å²) in [4.78, 5) is 0. The molecule has 0 aliphatic heterocycles. The minimum Gasteiger partial charge on any atom is -0.0814 e. The molecule has 0 amide bonds. The average Bonchev–Trinajstić information content (AvgIpc) is 3.09. The highest BCUT2D eigenvalue weighted by Crippen LogP contribution is 2.50. The fraction of sp³-hybridized carbons (Fsp3) is 0.200. The lowest BCUT2D eigenvalue weighted by Crippen LogP contribution is -2.12. The van der Waals surface area contributed by atoms with Crippen LogP contribution in [0.1, 0.15) is 23.5 Å². The van der Waals surface area contributed by atoms with Gasteiger partial charge in [0.05, 0.1) is 8.80 Å². The van der Waals surface area contributed by atoms with E-state index in [9.17, 15) is 0 Å². The summed E-state index contributed by atoms with van der Waals surface area (Å²) in [5.41, 5.74) is 7.39. The lowest BCUT2D eigenvalue weighted by Gasteiger charge is -2.20. The second-order valence-electron chi connectivity index (χ2n) is 6.12. The van der Waals surface area contributed by atoms with Gasteiger partial charge in [0.25, 0.3) is 0 Å². The van der Waals surface area contributed by atoms with E-state index in [2.05, 4.69) is 73.8 Å². The van der Waals surface area contributed by atoms with Crippen LogP contribution in [0.2, 0.25) is 13.1 Å². The minimum absolute atomic E-state index is 0.408. The summed E-state index contributed by atoms with van der Waals surface area (Å²) in [5.74, 6) is 0.450. The molecule has 0 atom stereocenters. The zero-order chi connectivity index (χ0) is 14.4. The first-order chi connectivity index (χ1) is 10.3. The lowest BCUT2D eigenvalue weighted by atomic mass is 9.89. The van der Waals surface area contributed by atoms with Crippen LogP contribution in [0.4, 0.5) is 0 Å². The van der Waals surface area contributed by atoms with Crippen molar-refractivity contribution < 1.29 is 0 Å². The molecule has 0 spiro atoms. The molecule has 0 fully saturated rings. The molecule has 0 N–H and O–H groups in total. The quantitative estimate of drug-likeness (QED) is 0.653. The first-order valence-corrected chi connectivity index (χ1v) is 10.2. The van der Waals surface area contributed by atoms with Crippen LogP contribution in [0.5, 0.6) is 0 Å². The van der Waals surface area contributed by atoms with Gasteiger partial charge in [-0.05, 0) is 34.2 Å². The maximum Gasteiger partial charge on any atom is 0.0791 e. The van der Waals surface area contributed by atoms with Crippen molar-refractivity contribution in [3.63, 3.8) is 0 Å². The molecule has 0 heterocycles. The number of hydrogen-bond acceptors (Lipinski definition) is 0. The van der Waals surface area contributed by atoms with Crippen LogP contribution < -0.4 is 0 Å². The molecule has 0 nitrogen and oxygen atoms in total. The van der Waals surface area contributed by atoms with Crippen LogP contribution in [0, 0.1) is 0 Å². The van der Waals surface area contributed by atoms with Crippen molar-refractivity contribution >= 4 is 8.80 Å². The normalized spacial score (nSPS) is 16.7. The maximum atomic E-state index is 2.45. The Labute approximate surface area is 128 Å². The summed E-state index contributed by atoms with van der Waals surface area (Å²) in [6.45, 7) is 4.81. The van der Waals surface area contributed by atoms with Crippen molar-refractivity contribution in [1.82, 2.24) is 0 Å². The second kappa shape index (κ2) is 4.85. The van der Waals surface area contributed by atoms with Gasteiger partial charge in [0.15, 0.2) is 0 Å². The van der Waals surface area contributed by atoms with Crippen molar-refractivity contribution in [3.8, 4) is 11.1 Å². The summed E-state index contributed by atoms with van der Waals surface area (Å²) in [5, 5.41) is 1.64. The summed E-state index contributed by atoms with van der Waals surface area (Å²) >= 11 is 0. The molecule has 1 heteroatoms. The lowest BCUT2D eigenvalue weighted by molar-refractivity contribution is 1.01. The second-order valence-corrected chi connectivity index (χ2v) is 8.66. The molecule has 0 saturated carbocycles. The molecule has 1 radical (unpaired) electrons. The van der Waals surface area contributed by atoms with Crippen molar-refractivity contribution in [2.75, 3.05) is 0 Å². The number of benzene rings is 2. The molecule has 2 aliphatic rings. The van der Waals surface area contributed by atoms with E-state index in [1.54, 1.807) is 10.8 Å². The zero-order valence-electron chi connectivity index (χ0n) is 12.6. The molecule has 0 bridgehead atoms. The molecule has 2 aromatic rings. The smallest absolute Gasteiger partial charge is 0.0791 e. The molecule has 0 aromatic heterocycles. The number of rotatable bonds is 2. The van der Waals surface area contributed by atoms with E-state index >= 15 is 0 Å². The maximum absolute atomic E-state index is 2.45. The van der Waals surface area contributed by atoms with E-state index in [0.29, 0.717) is 5.92 Å². The Morgan fingerprint density at radius 2 is 1.38 bits per heavy atom. The molecule has 2 aliphatic carbocycles. The minimum atomic E-state index is -0.408. The Morgan fingerprint density at radius 1 is 0.810 bits per heavy atom. The molecule has 0 unspecified atom stereocenters. The topological polar surface area (TPSA) is 0 Å². The van der Waals surface area contributed by atoms with Crippen molar-refractivity contribution in [3.05, 3.63) is 82.6 Å². The molecule has 2 aromatic carbocycles. The number of fused-ring (bicyclic) bond motifs is 3. The van der Waals surface area contributed by atoms with Gasteiger partial charge in [-0.3, -0.25) is 0 Å². The molecule has 0 saturated heterocycles.